The van der Waals surface area contributed by atoms with Crippen molar-refractivity contribution < 1.29 is 34.9 Å². The SMILES string of the molecule is CCCCOc1ccc(-c2ccc(OS(=O)(=O)C(F)(F)F)c(C)c2)cc1F. The number of aryl methyl sites for hydroxylation is 1. The molecule has 2 aromatic rings. The number of alkyl halides is 3. The number of hydrogen-bond donors (Lipinski definition) is 0. The van der Waals surface area contributed by atoms with Crippen LogP contribution in [0, 0.1) is 12.7 Å². The van der Waals surface area contributed by atoms with Gasteiger partial charge in [0, 0.05) is 0 Å². The second-order valence-corrected chi connectivity index (χ2v) is 7.35. The Labute approximate surface area is 154 Å². The van der Waals surface area contributed by atoms with E-state index in [2.05, 4.69) is 4.18 Å². The first kappa shape index (κ1) is 21.0. The molecule has 4 nitrogen and oxygen atoms in total. The summed E-state index contributed by atoms with van der Waals surface area (Å²) in [4.78, 5) is 0. The van der Waals surface area contributed by atoms with Crippen LogP contribution in [0.5, 0.6) is 11.5 Å². The van der Waals surface area contributed by atoms with Gasteiger partial charge in [-0.15, -0.1) is 0 Å². The number of hydrogen-bond acceptors (Lipinski definition) is 4. The van der Waals surface area contributed by atoms with Crippen molar-refractivity contribution in [3.63, 3.8) is 0 Å². The molecule has 148 valence electrons. The summed E-state index contributed by atoms with van der Waals surface area (Å²) in [5.41, 5.74) is -4.41. The largest absolute Gasteiger partial charge is 0.534 e. The van der Waals surface area contributed by atoms with Crippen LogP contribution in [-0.2, 0) is 10.1 Å². The fourth-order valence-electron chi connectivity index (χ4n) is 2.21. The van der Waals surface area contributed by atoms with Gasteiger partial charge in [-0.1, -0.05) is 25.5 Å². The molecule has 0 atom stereocenters. The van der Waals surface area contributed by atoms with Gasteiger partial charge in [0.15, 0.2) is 11.6 Å². The van der Waals surface area contributed by atoms with Gasteiger partial charge in [0.2, 0.25) is 0 Å². The lowest BCUT2D eigenvalue weighted by Crippen LogP contribution is -2.28. The van der Waals surface area contributed by atoms with E-state index in [1.165, 1.54) is 31.2 Å². The smallest absolute Gasteiger partial charge is 0.491 e. The van der Waals surface area contributed by atoms with Crippen molar-refractivity contribution in [1.29, 1.82) is 0 Å². The summed E-state index contributed by atoms with van der Waals surface area (Å²) in [6, 6.07) is 8.16. The predicted octanol–water partition coefficient (Wildman–Crippen LogP) is 5.21. The fourth-order valence-corrected chi connectivity index (χ4v) is 2.73. The summed E-state index contributed by atoms with van der Waals surface area (Å²) >= 11 is 0. The molecular weight excluding hydrogens is 388 g/mol. The Kier molecular flexibility index (Phi) is 6.35. The molecule has 0 aliphatic carbocycles. The van der Waals surface area contributed by atoms with E-state index in [0.29, 0.717) is 17.7 Å². The number of ether oxygens (including phenoxy) is 1. The van der Waals surface area contributed by atoms with Crippen molar-refractivity contribution in [3.8, 4) is 22.6 Å². The number of rotatable bonds is 7. The zero-order chi connectivity index (χ0) is 20.2. The lowest BCUT2D eigenvalue weighted by Gasteiger charge is -2.13. The Morgan fingerprint density at radius 1 is 1.00 bits per heavy atom. The summed E-state index contributed by atoms with van der Waals surface area (Å²) in [6.45, 7) is 3.77. The van der Waals surface area contributed by atoms with Gasteiger partial charge in [-0.3, -0.25) is 0 Å². The highest BCUT2D eigenvalue weighted by molar-refractivity contribution is 7.88. The minimum atomic E-state index is -5.75. The van der Waals surface area contributed by atoms with Crippen LogP contribution in [0.2, 0.25) is 0 Å². The first-order chi connectivity index (χ1) is 12.5. The molecule has 0 aliphatic heterocycles. The van der Waals surface area contributed by atoms with E-state index in [4.69, 9.17) is 4.74 Å². The number of unbranched alkanes of at least 4 members (excludes halogenated alkanes) is 1. The molecule has 0 spiro atoms. The van der Waals surface area contributed by atoms with Crippen molar-refractivity contribution in [2.24, 2.45) is 0 Å². The van der Waals surface area contributed by atoms with Gasteiger partial charge in [-0.25, -0.2) is 4.39 Å². The average molecular weight is 406 g/mol. The third-order valence-electron chi connectivity index (χ3n) is 3.68. The lowest BCUT2D eigenvalue weighted by atomic mass is 10.0. The van der Waals surface area contributed by atoms with E-state index in [0.717, 1.165) is 18.9 Å². The highest BCUT2D eigenvalue weighted by atomic mass is 32.2. The average Bonchev–Trinajstić information content (AvgIpc) is 2.57. The van der Waals surface area contributed by atoms with E-state index >= 15 is 0 Å². The van der Waals surface area contributed by atoms with Crippen LogP contribution in [0.3, 0.4) is 0 Å². The lowest BCUT2D eigenvalue weighted by molar-refractivity contribution is -0.0500. The van der Waals surface area contributed by atoms with Crippen molar-refractivity contribution in [3.05, 3.63) is 47.8 Å². The molecule has 0 saturated heterocycles. The van der Waals surface area contributed by atoms with Crippen LogP contribution >= 0.6 is 0 Å². The maximum absolute atomic E-state index is 14.1. The molecular formula is C18H18F4O4S. The van der Waals surface area contributed by atoms with E-state index < -0.39 is 27.2 Å². The Morgan fingerprint density at radius 2 is 1.59 bits per heavy atom. The summed E-state index contributed by atoms with van der Waals surface area (Å²) in [6.07, 6.45) is 1.71. The molecule has 0 aliphatic rings. The molecule has 0 unspecified atom stereocenters. The highest BCUT2D eigenvalue weighted by Crippen LogP contribution is 2.32. The molecule has 0 radical (unpaired) electrons. The number of benzene rings is 2. The van der Waals surface area contributed by atoms with E-state index in [1.807, 2.05) is 6.92 Å². The first-order valence-corrected chi connectivity index (χ1v) is 9.50. The number of halogens is 4. The standard InChI is InChI=1S/C18H18F4O4S/c1-3-4-9-25-17-8-6-14(11-15(17)19)13-5-7-16(12(2)10-13)26-27(23,24)18(20,21)22/h5-8,10-11H,3-4,9H2,1-2H3. The van der Waals surface area contributed by atoms with Crippen LogP contribution in [0.15, 0.2) is 36.4 Å². The van der Waals surface area contributed by atoms with E-state index in [9.17, 15) is 26.0 Å². The van der Waals surface area contributed by atoms with Crippen LogP contribution in [0.25, 0.3) is 11.1 Å². The molecule has 0 bridgehead atoms. The molecule has 0 amide bonds. The van der Waals surface area contributed by atoms with Gasteiger partial charge in [0.1, 0.15) is 5.75 Å². The molecule has 0 aromatic heterocycles. The molecule has 0 N–H and O–H groups in total. The summed E-state index contributed by atoms with van der Waals surface area (Å²) in [5.74, 6) is -0.905. The van der Waals surface area contributed by atoms with Crippen molar-refractivity contribution in [1.82, 2.24) is 0 Å². The van der Waals surface area contributed by atoms with Crippen LogP contribution in [0.4, 0.5) is 17.6 Å². The fraction of sp³-hybridized carbons (Fsp3) is 0.333. The van der Waals surface area contributed by atoms with Gasteiger partial charge in [-0.2, -0.15) is 21.6 Å². The first-order valence-electron chi connectivity index (χ1n) is 8.09. The topological polar surface area (TPSA) is 52.6 Å². The summed E-state index contributed by atoms with van der Waals surface area (Å²) in [7, 11) is -5.75. The third-order valence-corrected chi connectivity index (χ3v) is 4.64. The Balaban J connectivity index is 2.24. The van der Waals surface area contributed by atoms with Crippen molar-refractivity contribution >= 4 is 10.1 Å². The molecule has 0 heterocycles. The van der Waals surface area contributed by atoms with Gasteiger partial charge in [0.25, 0.3) is 0 Å². The Morgan fingerprint density at radius 3 is 2.11 bits per heavy atom. The van der Waals surface area contributed by atoms with Crippen LogP contribution in [-0.4, -0.2) is 20.5 Å². The molecule has 2 aromatic carbocycles. The van der Waals surface area contributed by atoms with Crippen LogP contribution < -0.4 is 8.92 Å². The minimum Gasteiger partial charge on any atom is -0.491 e. The molecule has 27 heavy (non-hydrogen) atoms. The van der Waals surface area contributed by atoms with Gasteiger partial charge in [0.05, 0.1) is 6.61 Å². The quantitative estimate of drug-likeness (QED) is 0.274. The molecule has 2 rings (SSSR count). The monoisotopic (exact) mass is 406 g/mol. The van der Waals surface area contributed by atoms with Gasteiger partial charge < -0.3 is 8.92 Å². The van der Waals surface area contributed by atoms with Gasteiger partial charge in [-0.05, 0) is 54.3 Å². The van der Waals surface area contributed by atoms with Gasteiger partial charge >= 0.3 is 15.6 Å². The summed E-state index contributed by atoms with van der Waals surface area (Å²) in [5, 5.41) is 0. The zero-order valence-electron chi connectivity index (χ0n) is 14.6. The second kappa shape index (κ2) is 8.16. The molecule has 0 fully saturated rings. The van der Waals surface area contributed by atoms with Crippen LogP contribution in [0.1, 0.15) is 25.3 Å². The highest BCUT2D eigenvalue weighted by Gasteiger charge is 2.48. The maximum Gasteiger partial charge on any atom is 0.534 e. The maximum atomic E-state index is 14.1. The van der Waals surface area contributed by atoms with E-state index in [1.54, 1.807) is 6.07 Å². The predicted molar refractivity (Wildman–Crippen MR) is 92.6 cm³/mol. The summed E-state index contributed by atoms with van der Waals surface area (Å²) < 4.78 is 83.1. The van der Waals surface area contributed by atoms with E-state index in [-0.39, 0.29) is 11.3 Å². The molecule has 0 saturated carbocycles. The minimum absolute atomic E-state index is 0.111. The Hall–Kier alpha value is -2.29. The van der Waals surface area contributed by atoms with Crippen molar-refractivity contribution in [2.75, 3.05) is 6.61 Å². The zero-order valence-corrected chi connectivity index (χ0v) is 15.5. The Bertz CT molecular complexity index is 908. The second-order valence-electron chi connectivity index (χ2n) is 5.81. The van der Waals surface area contributed by atoms with Crippen molar-refractivity contribution in [2.45, 2.75) is 32.2 Å². The third kappa shape index (κ3) is 5.12. The molecule has 9 heteroatoms. The normalized spacial score (nSPS) is 12.1.